The van der Waals surface area contributed by atoms with Gasteiger partial charge in [-0.2, -0.15) is 0 Å². The molecule has 3 aromatic heterocycles. The molecule has 0 bridgehead atoms. The number of aliphatic hydroxyl groups excluding tert-OH is 1. The third-order valence-corrected chi connectivity index (χ3v) is 24.9. The molecule has 2 aliphatic carbocycles. The molecule has 23 nitrogen and oxygen atoms in total. The molecule has 572 valence electrons. The number of aryl methyl sites for hydroxylation is 1. The van der Waals surface area contributed by atoms with Gasteiger partial charge in [0.2, 0.25) is 17.7 Å². The number of pyridine rings is 1. The summed E-state index contributed by atoms with van der Waals surface area (Å²) < 4.78 is 36.8. The average molecular weight is 1520 g/mol. The molecule has 26 heteroatoms. The number of nitrogens with zero attached hydrogens (tertiary/aromatic N) is 8. The second-order valence-corrected chi connectivity index (χ2v) is 34.7. The van der Waals surface area contributed by atoms with Crippen LogP contribution in [0.5, 0.6) is 11.5 Å². The first-order chi connectivity index (χ1) is 51.2. The second kappa shape index (κ2) is 34.5. The summed E-state index contributed by atoms with van der Waals surface area (Å²) in [6, 6.07) is 26.9. The fourth-order valence-electron chi connectivity index (χ4n) is 15.9. The number of H-pyrrole nitrogens is 1. The number of likely N-dealkylation sites (tertiary alicyclic amines) is 1. The number of nitrogens with one attached hydrogen (secondary N) is 5. The van der Waals surface area contributed by atoms with E-state index in [0.29, 0.717) is 43.5 Å². The summed E-state index contributed by atoms with van der Waals surface area (Å²) >= 11 is 7.87. The number of hydrogen-bond acceptors (Lipinski definition) is 18. The van der Waals surface area contributed by atoms with Gasteiger partial charge in [-0.25, -0.2) is 23.1 Å². The molecule has 4 atom stereocenters. The van der Waals surface area contributed by atoms with Gasteiger partial charge in [-0.3, -0.25) is 39.1 Å². The highest BCUT2D eigenvalue weighted by Gasteiger charge is 2.45. The Morgan fingerprint density at radius 3 is 2.26 bits per heavy atom. The van der Waals surface area contributed by atoms with Crippen LogP contribution >= 0.6 is 22.9 Å². The Morgan fingerprint density at radius 1 is 0.841 bits per heavy atom. The molecule has 5 aliphatic rings. The molecule has 7 aromatic rings. The lowest BCUT2D eigenvalue weighted by Crippen LogP contribution is -2.57. The predicted molar refractivity (Wildman–Crippen MR) is 421 cm³/mol. The number of nitro benzene ring substituents is 1. The number of ether oxygens (including phenoxy) is 1. The number of fused-ring (bicyclic) bond motifs is 1. The quantitative estimate of drug-likeness (QED) is 0.0151. The molecule has 6 heterocycles. The number of β-amino-alcohol motifs (C(OH)–C–C–N with tert-alkyl or cyclic N) is 1. The number of carbonyl (C=O) groups excluding carboxylic acids is 4. The smallest absolute Gasteiger partial charge is 0.293 e. The zero-order valence-electron chi connectivity index (χ0n) is 62.7. The number of thiazole rings is 1. The van der Waals surface area contributed by atoms with Gasteiger partial charge in [-0.1, -0.05) is 107 Å². The highest BCUT2D eigenvalue weighted by Crippen LogP contribution is 2.44. The molecular formula is C81H104ClN13O10S2. The van der Waals surface area contributed by atoms with Crippen molar-refractivity contribution in [2.24, 2.45) is 16.7 Å². The van der Waals surface area contributed by atoms with Gasteiger partial charge >= 0.3 is 0 Å². The van der Waals surface area contributed by atoms with Gasteiger partial charge in [0.05, 0.1) is 49.8 Å². The first-order valence-corrected chi connectivity index (χ1v) is 40.8. The molecule has 3 aliphatic heterocycles. The Bertz CT molecular complexity index is 4440. The zero-order chi connectivity index (χ0) is 75.7. The summed E-state index contributed by atoms with van der Waals surface area (Å²) in [5.41, 5.74) is 9.57. The first kappa shape index (κ1) is 78.3. The van der Waals surface area contributed by atoms with Crippen LogP contribution < -0.4 is 30.3 Å². The number of sulfonamides is 1. The lowest BCUT2D eigenvalue weighted by Gasteiger charge is -2.42. The standard InChI is InChI=1S/C81H104ClN13O10S2/c1-53(56-16-18-58(19-17-56)74-54(2)86-52-106-74)87-78(99)71-45-64(96)51-94(71)79(100)75(80(3,4)5)88-73(97)13-11-9-8-10-12-34-90-35-39-92(40-36-90)62-24-14-55(15-25-62)48-84-69-29-27-66(46-70(69)95(101)102)107(103,104)89-77(98)67-28-26-63(44-72(67)105-65-43-59-31-33-83-76(59)85-49-65)93-41-37-91(38-42-93)50-60-30-32-81(6,7)47-68(60)57-20-22-61(82)23-21-57/h16-23,26-29,31,33,43-44,46,49,52-53,55,62,64,71,75,84,96H,8-15,24-25,30,32,34-42,45,47-48,50-51H2,1-7H3,(H,83,85)(H,87,99)(H,88,97)(H,89,98)/t53-,55?,62?,64+,71-,75?/m0/s1. The number of aromatic amines is 1. The summed E-state index contributed by atoms with van der Waals surface area (Å²) in [4.78, 5) is 91.6. The van der Waals surface area contributed by atoms with Crippen molar-refractivity contribution in [2.75, 3.05) is 88.8 Å². The van der Waals surface area contributed by atoms with E-state index in [9.17, 15) is 42.8 Å². The van der Waals surface area contributed by atoms with Crippen molar-refractivity contribution < 1.29 is 42.4 Å². The van der Waals surface area contributed by atoms with Crippen molar-refractivity contribution in [1.82, 2.24) is 49.9 Å². The van der Waals surface area contributed by atoms with Crippen LogP contribution in [-0.2, 0) is 24.4 Å². The topological polar surface area (TPSA) is 281 Å². The zero-order valence-corrected chi connectivity index (χ0v) is 65.1. The number of amides is 4. The minimum absolute atomic E-state index is 0.0112. The normalized spacial score (nSPS) is 20.4. The van der Waals surface area contributed by atoms with Crippen LogP contribution in [0, 0.1) is 33.8 Å². The molecule has 0 spiro atoms. The van der Waals surface area contributed by atoms with Gasteiger partial charge < -0.3 is 45.5 Å². The monoisotopic (exact) mass is 1520 g/mol. The molecule has 12 rings (SSSR count). The lowest BCUT2D eigenvalue weighted by atomic mass is 9.72. The van der Waals surface area contributed by atoms with Crippen LogP contribution in [0.4, 0.5) is 17.1 Å². The summed E-state index contributed by atoms with van der Waals surface area (Å²) in [5.74, 6) is -1.16. The number of piperazine rings is 2. The maximum absolute atomic E-state index is 14.3. The van der Waals surface area contributed by atoms with Crippen LogP contribution in [0.3, 0.4) is 0 Å². The number of anilines is 2. The Balaban J connectivity index is 0.560. The molecule has 4 fully saturated rings. The molecule has 4 amide bonds. The number of unbranched alkanes of at least 4 members (excludes halogenated alkanes) is 4. The molecular weight excluding hydrogens is 1410 g/mol. The van der Waals surface area contributed by atoms with E-state index >= 15 is 0 Å². The van der Waals surface area contributed by atoms with E-state index in [2.05, 4.69) is 81.2 Å². The van der Waals surface area contributed by atoms with Crippen LogP contribution in [0.15, 0.2) is 125 Å². The number of rotatable bonds is 28. The van der Waals surface area contributed by atoms with E-state index in [1.165, 1.54) is 39.9 Å². The maximum Gasteiger partial charge on any atom is 0.293 e. The number of carbonyl (C=O) groups is 4. The maximum atomic E-state index is 14.3. The molecule has 1 saturated carbocycles. The molecule has 3 saturated heterocycles. The van der Waals surface area contributed by atoms with E-state index in [-0.39, 0.29) is 71.5 Å². The molecule has 107 heavy (non-hydrogen) atoms. The third kappa shape index (κ3) is 20.0. The summed E-state index contributed by atoms with van der Waals surface area (Å²) in [6.45, 7) is 23.6. The molecule has 6 N–H and O–H groups in total. The van der Waals surface area contributed by atoms with Gasteiger partial charge in [0, 0.05) is 125 Å². The molecule has 0 radical (unpaired) electrons. The van der Waals surface area contributed by atoms with E-state index < -0.39 is 55.0 Å². The number of hydrogen-bond donors (Lipinski definition) is 6. The fourth-order valence-corrected chi connectivity index (χ4v) is 17.8. The predicted octanol–water partition coefficient (Wildman–Crippen LogP) is 13.6. The average Bonchev–Trinajstić information content (AvgIpc) is 1.61. The minimum Gasteiger partial charge on any atom is -0.455 e. The van der Waals surface area contributed by atoms with E-state index in [0.717, 1.165) is 167 Å². The van der Waals surface area contributed by atoms with Crippen LogP contribution in [0.2, 0.25) is 5.02 Å². The van der Waals surface area contributed by atoms with Gasteiger partial charge in [0.15, 0.2) is 0 Å². The number of aliphatic hydroxyl groups is 1. The fraction of sp³-hybridized carbons (Fsp3) is 0.506. The Labute approximate surface area is 637 Å². The summed E-state index contributed by atoms with van der Waals surface area (Å²) in [5, 5.41) is 34.2. The van der Waals surface area contributed by atoms with E-state index in [1.807, 2.05) is 82.6 Å². The summed E-state index contributed by atoms with van der Waals surface area (Å²) in [6.07, 6.45) is 14.6. The highest BCUT2D eigenvalue weighted by atomic mass is 35.5. The summed E-state index contributed by atoms with van der Waals surface area (Å²) in [7, 11) is -4.63. The van der Waals surface area contributed by atoms with Gasteiger partial charge in [0.25, 0.3) is 21.6 Å². The van der Waals surface area contributed by atoms with Crippen molar-refractivity contribution in [3.05, 3.63) is 158 Å². The van der Waals surface area contributed by atoms with Gasteiger partial charge in [0.1, 0.15) is 34.9 Å². The Morgan fingerprint density at radius 2 is 1.55 bits per heavy atom. The SMILES string of the molecule is Cc1ncsc1-c1ccc([C@H](C)NC(=O)[C@@H]2C[C@@H](O)CN2C(=O)C(NC(=O)CCCCCCCN2CCN(C3CCC(CNc4ccc(S(=O)(=O)NC(=O)c5ccc(N6CCN(CC7=C(c8ccc(Cl)cc8)CC(C)(C)CC7)CC6)cc5Oc5cnc6[nH]ccc6c5)cc4[N+](=O)[O-])CC3)CC2)C(C)(C)C)cc1. The number of allylic oxidation sites excluding steroid dienone is 1. The van der Waals surface area contributed by atoms with Gasteiger partial charge in [-0.15, -0.1) is 11.3 Å². The van der Waals surface area contributed by atoms with E-state index in [4.69, 9.17) is 16.3 Å². The first-order valence-electron chi connectivity index (χ1n) is 38.0. The lowest BCUT2D eigenvalue weighted by molar-refractivity contribution is -0.384. The second-order valence-electron chi connectivity index (χ2n) is 31.8. The third-order valence-electron chi connectivity index (χ3n) is 22.3. The number of aromatic nitrogens is 3. The van der Waals surface area contributed by atoms with Crippen LogP contribution in [0.25, 0.3) is 27.0 Å². The largest absolute Gasteiger partial charge is 0.455 e. The van der Waals surface area contributed by atoms with Crippen molar-refractivity contribution in [3.63, 3.8) is 0 Å². The number of halogens is 1. The van der Waals surface area contributed by atoms with Crippen molar-refractivity contribution >= 4 is 90.3 Å². The number of benzene rings is 4. The molecule has 4 aromatic carbocycles. The van der Waals surface area contributed by atoms with Crippen LogP contribution in [0.1, 0.15) is 165 Å². The Kier molecular flexibility index (Phi) is 25.3. The van der Waals surface area contributed by atoms with Crippen molar-refractivity contribution in [2.45, 2.75) is 174 Å². The molecule has 1 unspecified atom stereocenters. The van der Waals surface area contributed by atoms with Crippen LogP contribution in [-0.4, -0.2) is 179 Å². The number of nitro groups is 1. The van der Waals surface area contributed by atoms with Gasteiger partial charge in [-0.05, 0) is 166 Å². The van der Waals surface area contributed by atoms with E-state index in [1.54, 1.807) is 41.8 Å². The minimum atomic E-state index is -4.63. The highest BCUT2D eigenvalue weighted by molar-refractivity contribution is 7.90. The van der Waals surface area contributed by atoms with Crippen molar-refractivity contribution in [3.8, 4) is 21.9 Å². The van der Waals surface area contributed by atoms with Crippen molar-refractivity contribution in [1.29, 1.82) is 0 Å². The Hall–Kier alpha value is -8.30.